The van der Waals surface area contributed by atoms with Crippen molar-refractivity contribution in [3.05, 3.63) is 97.2 Å². The zero-order valence-electron chi connectivity index (χ0n) is 26.5. The maximum absolute atomic E-state index is 12.4. The zero-order chi connectivity index (χ0) is 31.9. The lowest BCUT2D eigenvalue weighted by Gasteiger charge is -2.21. The molecule has 0 aliphatic rings. The van der Waals surface area contributed by atoms with Gasteiger partial charge < -0.3 is 10.4 Å². The van der Waals surface area contributed by atoms with Crippen LogP contribution in [0.5, 0.6) is 0 Å². The lowest BCUT2D eigenvalue weighted by Crippen LogP contribution is -2.46. The van der Waals surface area contributed by atoms with E-state index in [1.807, 2.05) is 13.0 Å². The van der Waals surface area contributed by atoms with Crippen LogP contribution < -0.4 is 5.32 Å². The van der Waals surface area contributed by atoms with Gasteiger partial charge in [0.05, 0.1) is 17.9 Å². The van der Waals surface area contributed by atoms with Gasteiger partial charge in [-0.05, 0) is 84.0 Å². The molecule has 0 saturated heterocycles. The fraction of sp³-hybridized carbons (Fsp3) is 0.528. The van der Waals surface area contributed by atoms with Crippen LogP contribution in [0, 0.1) is 0 Å². The number of carbonyl (C=O) groups excluding carboxylic acids is 1. The van der Waals surface area contributed by atoms with E-state index in [4.69, 9.17) is 0 Å². The Hall–Kier alpha value is -2.74. The molecule has 0 heterocycles. The second-order valence-corrected chi connectivity index (χ2v) is 11.8. The molecule has 0 fully saturated rings. The number of carbonyl (C=O) groups is 1. The van der Waals surface area contributed by atoms with Crippen LogP contribution in [-0.4, -0.2) is 41.9 Å². The summed E-state index contributed by atoms with van der Waals surface area (Å²) in [7, 11) is -4.36. The van der Waals surface area contributed by atoms with Crippen molar-refractivity contribution in [2.24, 2.45) is 0 Å². The second kappa shape index (κ2) is 29.3. The molecule has 0 saturated carbocycles. The molecule has 3 N–H and O–H groups in total. The van der Waals surface area contributed by atoms with E-state index in [2.05, 4.69) is 91.2 Å². The van der Waals surface area contributed by atoms with Gasteiger partial charge in [-0.15, -0.1) is 0 Å². The van der Waals surface area contributed by atoms with Crippen molar-refractivity contribution in [1.82, 2.24) is 5.32 Å². The molecule has 0 radical (unpaired) electrons. The number of unbranched alkanes of at least 4 members (excludes halogenated alkanes) is 5. The van der Waals surface area contributed by atoms with Gasteiger partial charge in [0.1, 0.15) is 0 Å². The van der Waals surface area contributed by atoms with Crippen LogP contribution in [0.2, 0.25) is 0 Å². The molecule has 2 unspecified atom stereocenters. The second-order valence-electron chi connectivity index (χ2n) is 10.3. The Bertz CT molecular complexity index is 1030. The maximum Gasteiger partial charge on any atom is 0.267 e. The van der Waals surface area contributed by atoms with Crippen LogP contribution in [0.4, 0.5) is 0 Å². The van der Waals surface area contributed by atoms with Crippen molar-refractivity contribution in [2.75, 3.05) is 5.75 Å². The third-order valence-electron chi connectivity index (χ3n) is 6.32. The number of hydrogen-bond donors (Lipinski definition) is 3. The minimum Gasteiger partial charge on any atom is -0.387 e. The lowest BCUT2D eigenvalue weighted by atomic mass is 10.1. The third kappa shape index (κ3) is 30.5. The maximum atomic E-state index is 12.4. The Morgan fingerprint density at radius 3 is 1.70 bits per heavy atom. The third-order valence-corrected chi connectivity index (χ3v) is 7.10. The van der Waals surface area contributed by atoms with Gasteiger partial charge in [-0.25, -0.2) is 0 Å². The molecule has 0 aromatic carbocycles. The van der Waals surface area contributed by atoms with Gasteiger partial charge in [-0.2, -0.15) is 8.42 Å². The van der Waals surface area contributed by atoms with Gasteiger partial charge in [0, 0.05) is 6.42 Å². The van der Waals surface area contributed by atoms with E-state index >= 15 is 0 Å². The average molecular weight is 616 g/mol. The number of aliphatic hydroxyl groups is 1. The molecule has 0 aromatic rings. The zero-order valence-corrected chi connectivity index (χ0v) is 27.3. The Morgan fingerprint density at radius 2 is 1.16 bits per heavy atom. The van der Waals surface area contributed by atoms with E-state index in [0.717, 1.165) is 70.6 Å². The van der Waals surface area contributed by atoms with Crippen LogP contribution >= 0.6 is 0 Å². The Balaban J connectivity index is 4.16. The summed E-state index contributed by atoms with van der Waals surface area (Å²) in [6.45, 7) is 4.13. The number of amides is 1. The van der Waals surface area contributed by atoms with Gasteiger partial charge in [-0.3, -0.25) is 9.35 Å². The van der Waals surface area contributed by atoms with Crippen molar-refractivity contribution < 1.29 is 22.9 Å². The minimum absolute atomic E-state index is 0.238. The van der Waals surface area contributed by atoms with E-state index < -0.39 is 28.0 Å². The van der Waals surface area contributed by atoms with Crippen molar-refractivity contribution >= 4 is 16.0 Å². The highest BCUT2D eigenvalue weighted by molar-refractivity contribution is 7.85. The Morgan fingerprint density at radius 1 is 0.674 bits per heavy atom. The topological polar surface area (TPSA) is 104 Å². The normalized spacial score (nSPS) is 14.8. The van der Waals surface area contributed by atoms with Gasteiger partial charge in [0.2, 0.25) is 5.91 Å². The first-order chi connectivity index (χ1) is 20.8. The van der Waals surface area contributed by atoms with Crippen LogP contribution in [0.1, 0.15) is 104 Å². The van der Waals surface area contributed by atoms with Gasteiger partial charge in [0.25, 0.3) is 10.1 Å². The van der Waals surface area contributed by atoms with Crippen molar-refractivity contribution in [1.29, 1.82) is 0 Å². The van der Waals surface area contributed by atoms with E-state index in [-0.39, 0.29) is 12.3 Å². The highest BCUT2D eigenvalue weighted by atomic mass is 32.2. The fourth-order valence-corrected chi connectivity index (χ4v) is 4.72. The number of rotatable bonds is 26. The van der Waals surface area contributed by atoms with Crippen LogP contribution in [0.15, 0.2) is 97.2 Å². The summed E-state index contributed by atoms with van der Waals surface area (Å²) in [6.07, 6.45) is 44.1. The quantitative estimate of drug-likeness (QED) is 0.0513. The summed E-state index contributed by atoms with van der Waals surface area (Å²) < 4.78 is 32.1. The van der Waals surface area contributed by atoms with Gasteiger partial charge in [-0.1, -0.05) is 111 Å². The number of allylic oxidation sites excluding steroid dienone is 15. The van der Waals surface area contributed by atoms with Crippen LogP contribution in [0.3, 0.4) is 0 Å². The van der Waals surface area contributed by atoms with E-state index in [1.165, 1.54) is 6.08 Å². The molecule has 7 heteroatoms. The smallest absolute Gasteiger partial charge is 0.267 e. The molecule has 0 bridgehead atoms. The molecule has 43 heavy (non-hydrogen) atoms. The summed E-state index contributed by atoms with van der Waals surface area (Å²) in [4.78, 5) is 12.4. The predicted molar refractivity (Wildman–Crippen MR) is 183 cm³/mol. The van der Waals surface area contributed by atoms with E-state index in [0.29, 0.717) is 12.8 Å². The summed E-state index contributed by atoms with van der Waals surface area (Å²) in [5.74, 6) is -1.07. The number of nitrogens with one attached hydrogen (secondary N) is 1. The minimum atomic E-state index is -4.36. The lowest BCUT2D eigenvalue weighted by molar-refractivity contribution is -0.122. The largest absolute Gasteiger partial charge is 0.387 e. The molecule has 242 valence electrons. The van der Waals surface area contributed by atoms with E-state index in [1.54, 1.807) is 6.08 Å². The fourth-order valence-electron chi connectivity index (χ4n) is 3.98. The Labute approximate surface area is 262 Å². The first kappa shape index (κ1) is 40.3. The molecular weight excluding hydrogens is 558 g/mol. The molecule has 0 rings (SSSR count). The molecule has 0 spiro atoms. The molecule has 2 atom stereocenters. The highest BCUT2D eigenvalue weighted by Gasteiger charge is 2.24. The Kier molecular flexibility index (Phi) is 27.5. The summed E-state index contributed by atoms with van der Waals surface area (Å²) in [5.41, 5.74) is 0. The predicted octanol–water partition coefficient (Wildman–Crippen LogP) is 8.67. The standard InChI is InChI=1S/C36H57NO5S/c1-3-5-7-9-11-13-14-15-16-17-18-19-20-21-22-24-26-28-30-32-36(39)37-34(33-43(40,41)42)35(38)31-29-27-25-23-12-10-8-6-4-2/h4-7,11-13,15-16,18-19,21-23,29,31,34-35,38H,3,8-10,14,17,20,24-28,30,32-33H2,1-2H3,(H,37,39)(H,40,41,42)/b6-4+,7-5-,13-11-,16-15-,19-18-,22-21-,23-12+,31-29+. The number of aliphatic hydroxyl groups excluding tert-OH is 1. The molecule has 0 aliphatic carbocycles. The van der Waals surface area contributed by atoms with Crippen molar-refractivity contribution in [3.63, 3.8) is 0 Å². The average Bonchev–Trinajstić information content (AvgIpc) is 2.96. The monoisotopic (exact) mass is 615 g/mol. The van der Waals surface area contributed by atoms with Gasteiger partial charge >= 0.3 is 0 Å². The van der Waals surface area contributed by atoms with Gasteiger partial charge in [0.15, 0.2) is 0 Å². The molecule has 1 amide bonds. The molecular formula is C36H57NO5S. The van der Waals surface area contributed by atoms with Crippen LogP contribution in [-0.2, 0) is 14.9 Å². The number of hydrogen-bond acceptors (Lipinski definition) is 4. The first-order valence-corrected chi connectivity index (χ1v) is 17.5. The first-order valence-electron chi connectivity index (χ1n) is 15.9. The van der Waals surface area contributed by atoms with Crippen molar-refractivity contribution in [2.45, 2.75) is 116 Å². The molecule has 0 aromatic heterocycles. The van der Waals surface area contributed by atoms with Crippen molar-refractivity contribution in [3.8, 4) is 0 Å². The van der Waals surface area contributed by atoms with Crippen LogP contribution in [0.25, 0.3) is 0 Å². The summed E-state index contributed by atoms with van der Waals surface area (Å²) in [6, 6.07) is -1.10. The molecule has 6 nitrogen and oxygen atoms in total. The SMILES string of the molecule is C/C=C/CC/C=C/CC/C=C/C(O)C(CS(=O)(=O)O)NC(=O)CCCCC/C=C\C/C=C\C/C=C\C/C=C\C/C=C\CC. The van der Waals surface area contributed by atoms with E-state index in [9.17, 15) is 22.9 Å². The summed E-state index contributed by atoms with van der Waals surface area (Å²) >= 11 is 0. The summed E-state index contributed by atoms with van der Waals surface area (Å²) in [5, 5.41) is 13.0. The highest BCUT2D eigenvalue weighted by Crippen LogP contribution is 2.07. The molecule has 0 aliphatic heterocycles.